The number of fused-ring (bicyclic) bond motifs is 1. The number of nitrogens with zero attached hydrogens (tertiary/aromatic N) is 2. The Morgan fingerprint density at radius 1 is 1.23 bits per heavy atom. The van der Waals surface area contributed by atoms with Crippen LogP contribution in [0, 0.1) is 0 Å². The fourth-order valence-corrected chi connectivity index (χ4v) is 4.28. The number of sulfonamides is 1. The Morgan fingerprint density at radius 2 is 2.03 bits per heavy atom. The molecule has 4 rings (SSSR count). The van der Waals surface area contributed by atoms with Crippen LogP contribution in [-0.4, -0.2) is 44.9 Å². The Balaban J connectivity index is 1.67. The summed E-state index contributed by atoms with van der Waals surface area (Å²) in [7, 11) is -3.94. The summed E-state index contributed by atoms with van der Waals surface area (Å²) >= 11 is 0. The lowest BCUT2D eigenvalue weighted by molar-refractivity contribution is -0.0102. The van der Waals surface area contributed by atoms with Crippen LogP contribution < -0.4 is 20.1 Å². The highest BCUT2D eigenvalue weighted by Crippen LogP contribution is 2.34. The van der Waals surface area contributed by atoms with Crippen molar-refractivity contribution >= 4 is 27.4 Å². The zero-order chi connectivity index (χ0) is 22.2. The molecule has 0 aliphatic carbocycles. The second-order valence-corrected chi connectivity index (χ2v) is 9.19. The number of hydrogen-bond donors (Lipinski definition) is 2. The second-order valence-electron chi connectivity index (χ2n) is 7.63. The van der Waals surface area contributed by atoms with Gasteiger partial charge in [-0.25, -0.2) is 27.3 Å². The number of carbonyl (C=O) groups is 1. The summed E-state index contributed by atoms with van der Waals surface area (Å²) in [6.45, 7) is 0.853. The number of nitrogens with one attached hydrogen (secondary N) is 1. The van der Waals surface area contributed by atoms with Crippen molar-refractivity contribution < 1.29 is 26.7 Å². The van der Waals surface area contributed by atoms with E-state index in [4.69, 9.17) is 9.88 Å². The normalized spacial score (nSPS) is 18.1. The Bertz CT molecular complexity index is 1120. The minimum Gasteiger partial charge on any atom is -0.491 e. The molecule has 2 aliphatic rings. The van der Waals surface area contributed by atoms with Crippen molar-refractivity contribution in [2.75, 3.05) is 29.9 Å². The maximum atomic E-state index is 13.8. The Kier molecular flexibility index (Phi) is 5.56. The number of halogens is 2. The first-order valence-corrected chi connectivity index (χ1v) is 11.4. The molecule has 0 spiro atoms. The van der Waals surface area contributed by atoms with Crippen molar-refractivity contribution in [3.8, 4) is 5.75 Å². The van der Waals surface area contributed by atoms with E-state index in [0.717, 1.165) is 0 Å². The van der Waals surface area contributed by atoms with E-state index in [2.05, 4.69) is 10.3 Å². The molecule has 31 heavy (non-hydrogen) atoms. The van der Waals surface area contributed by atoms with E-state index in [1.807, 2.05) is 0 Å². The maximum absolute atomic E-state index is 13.8. The summed E-state index contributed by atoms with van der Waals surface area (Å²) in [5.74, 6) is -2.50. The number of alkyl halides is 2. The maximum Gasteiger partial charge on any atom is 0.259 e. The number of carbonyl (C=O) groups excluding carboxylic acids is 1. The molecular formula is C20H22F2N4O4S. The molecule has 2 aromatic rings. The molecule has 1 aromatic heterocycles. The molecule has 3 N–H and O–H groups in total. The fraction of sp³-hybridized carbons (Fsp3) is 0.400. The van der Waals surface area contributed by atoms with Gasteiger partial charge in [0, 0.05) is 38.0 Å². The van der Waals surface area contributed by atoms with Crippen molar-refractivity contribution in [2.45, 2.75) is 36.5 Å². The van der Waals surface area contributed by atoms with Crippen LogP contribution in [0.3, 0.4) is 0 Å². The lowest BCUT2D eigenvalue weighted by atomic mass is 10.1. The quantitative estimate of drug-likeness (QED) is 0.737. The third-order valence-corrected chi connectivity index (χ3v) is 6.23. The molecule has 0 unspecified atom stereocenters. The van der Waals surface area contributed by atoms with Crippen molar-refractivity contribution in [3.63, 3.8) is 0 Å². The molecule has 1 aromatic carbocycles. The van der Waals surface area contributed by atoms with Gasteiger partial charge in [0.05, 0.1) is 22.8 Å². The van der Waals surface area contributed by atoms with E-state index < -0.39 is 21.9 Å². The minimum atomic E-state index is -3.94. The monoisotopic (exact) mass is 452 g/mol. The molecule has 1 amide bonds. The SMILES string of the molecule is NS(=O)(=O)c1cccc(NC(=O)c2cc3c(nc2N2CCCC(F)(F)CC2)CCO3)c1. The standard InChI is InChI=1S/C20H22F2N4O4S/c21-20(22)6-2-8-26(9-7-20)18-15(12-17-16(25-18)5-10-30-17)19(27)24-13-3-1-4-14(11-13)31(23,28)29/h1,3-4,11-12H,2,5-10H2,(H,24,27)(H2,23,28,29). The van der Waals surface area contributed by atoms with Gasteiger partial charge in [0.2, 0.25) is 15.9 Å². The third-order valence-electron chi connectivity index (χ3n) is 5.32. The molecule has 166 valence electrons. The van der Waals surface area contributed by atoms with Crippen molar-refractivity contribution in [1.29, 1.82) is 0 Å². The lowest BCUT2D eigenvalue weighted by Gasteiger charge is -2.24. The Morgan fingerprint density at radius 3 is 2.81 bits per heavy atom. The number of ether oxygens (including phenoxy) is 1. The first-order chi connectivity index (χ1) is 14.6. The Labute approximate surface area is 178 Å². The highest BCUT2D eigenvalue weighted by Gasteiger charge is 2.34. The van der Waals surface area contributed by atoms with Crippen molar-refractivity contribution in [2.24, 2.45) is 5.14 Å². The van der Waals surface area contributed by atoms with Crippen LogP contribution in [0.2, 0.25) is 0 Å². The summed E-state index contributed by atoms with van der Waals surface area (Å²) in [6, 6.07) is 7.11. The number of pyridine rings is 1. The zero-order valence-electron chi connectivity index (χ0n) is 16.6. The number of anilines is 2. The molecule has 1 saturated heterocycles. The molecule has 2 aliphatic heterocycles. The first kappa shape index (κ1) is 21.4. The van der Waals surface area contributed by atoms with Crippen LogP contribution in [0.4, 0.5) is 20.3 Å². The van der Waals surface area contributed by atoms with Gasteiger partial charge in [0.1, 0.15) is 11.6 Å². The number of aromatic nitrogens is 1. The number of hydrogen-bond acceptors (Lipinski definition) is 6. The highest BCUT2D eigenvalue weighted by atomic mass is 32.2. The van der Waals surface area contributed by atoms with Crippen LogP contribution in [-0.2, 0) is 16.4 Å². The van der Waals surface area contributed by atoms with Gasteiger partial charge >= 0.3 is 0 Å². The molecule has 0 atom stereocenters. The summed E-state index contributed by atoms with van der Waals surface area (Å²) in [4.78, 5) is 19.2. The summed E-state index contributed by atoms with van der Waals surface area (Å²) in [5, 5.41) is 7.80. The van der Waals surface area contributed by atoms with Gasteiger partial charge in [-0.3, -0.25) is 4.79 Å². The number of rotatable bonds is 4. The van der Waals surface area contributed by atoms with Gasteiger partial charge in [0.15, 0.2) is 0 Å². The van der Waals surface area contributed by atoms with Crippen molar-refractivity contribution in [1.82, 2.24) is 4.98 Å². The third kappa shape index (κ3) is 4.77. The van der Waals surface area contributed by atoms with E-state index in [1.54, 1.807) is 11.0 Å². The average molecular weight is 452 g/mol. The van der Waals surface area contributed by atoms with Gasteiger partial charge in [-0.15, -0.1) is 0 Å². The van der Waals surface area contributed by atoms with E-state index in [9.17, 15) is 22.0 Å². The van der Waals surface area contributed by atoms with Crippen LogP contribution in [0.15, 0.2) is 35.2 Å². The van der Waals surface area contributed by atoms with Gasteiger partial charge < -0.3 is 15.0 Å². The molecular weight excluding hydrogens is 430 g/mol. The summed E-state index contributed by atoms with van der Waals surface area (Å²) < 4.78 is 56.4. The predicted octanol–water partition coefficient (Wildman–Crippen LogP) is 2.54. The molecule has 0 bridgehead atoms. The van der Waals surface area contributed by atoms with Crippen molar-refractivity contribution in [3.05, 3.63) is 41.6 Å². The molecule has 3 heterocycles. The Hall–Kier alpha value is -2.79. The fourth-order valence-electron chi connectivity index (χ4n) is 3.72. The number of nitrogens with two attached hydrogens (primary N) is 1. The van der Waals surface area contributed by atoms with E-state index in [1.165, 1.54) is 24.3 Å². The first-order valence-electron chi connectivity index (χ1n) is 9.86. The van der Waals surface area contributed by atoms with Gasteiger partial charge in [-0.1, -0.05) is 6.07 Å². The van der Waals surface area contributed by atoms with Gasteiger partial charge in [-0.2, -0.15) is 0 Å². The molecule has 1 fully saturated rings. The number of primary sulfonamides is 1. The summed E-state index contributed by atoms with van der Waals surface area (Å²) in [5.41, 5.74) is 1.08. The molecule has 11 heteroatoms. The largest absolute Gasteiger partial charge is 0.491 e. The zero-order valence-corrected chi connectivity index (χ0v) is 17.4. The van der Waals surface area contributed by atoms with Gasteiger partial charge in [0.25, 0.3) is 5.91 Å². The van der Waals surface area contributed by atoms with Crippen LogP contribution in [0.25, 0.3) is 0 Å². The highest BCUT2D eigenvalue weighted by molar-refractivity contribution is 7.89. The minimum absolute atomic E-state index is 0.0703. The van der Waals surface area contributed by atoms with Gasteiger partial charge in [-0.05, 0) is 30.7 Å². The lowest BCUT2D eigenvalue weighted by Crippen LogP contribution is -2.29. The smallest absolute Gasteiger partial charge is 0.259 e. The molecule has 0 radical (unpaired) electrons. The molecule has 0 saturated carbocycles. The van der Waals surface area contributed by atoms with E-state index >= 15 is 0 Å². The van der Waals surface area contributed by atoms with Crippen LogP contribution >= 0.6 is 0 Å². The van der Waals surface area contributed by atoms with Crippen LogP contribution in [0.1, 0.15) is 35.3 Å². The van der Waals surface area contributed by atoms with Crippen LogP contribution in [0.5, 0.6) is 5.75 Å². The number of benzene rings is 1. The predicted molar refractivity (Wildman–Crippen MR) is 110 cm³/mol. The topological polar surface area (TPSA) is 115 Å². The molecule has 8 nitrogen and oxygen atoms in total. The average Bonchev–Trinajstić information content (AvgIpc) is 3.08. The summed E-state index contributed by atoms with van der Waals surface area (Å²) in [6.07, 6.45) is 0.323. The number of amides is 1. The second kappa shape index (κ2) is 8.04. The van der Waals surface area contributed by atoms with E-state index in [-0.39, 0.29) is 42.0 Å². The van der Waals surface area contributed by atoms with E-state index in [0.29, 0.717) is 36.8 Å².